The highest BCUT2D eigenvalue weighted by molar-refractivity contribution is 7.17. The number of methoxy groups -OCH3 is 1. The summed E-state index contributed by atoms with van der Waals surface area (Å²) in [6.07, 6.45) is 1.11. The van der Waals surface area contributed by atoms with Gasteiger partial charge in [0.2, 0.25) is 11.9 Å². The van der Waals surface area contributed by atoms with Crippen LogP contribution in [0.3, 0.4) is 0 Å². The van der Waals surface area contributed by atoms with Crippen LogP contribution in [0.25, 0.3) is 0 Å². The number of anilines is 4. The number of aliphatic hydroxyl groups is 1. The first kappa shape index (κ1) is 25.9. The Bertz CT molecular complexity index is 1340. The van der Waals surface area contributed by atoms with Crippen LogP contribution < -0.4 is 19.9 Å². The number of aliphatic hydroxyl groups excluding tert-OH is 1. The molecule has 0 atom stereocenters. The number of aryl methyl sites for hydroxylation is 1. The van der Waals surface area contributed by atoms with Gasteiger partial charge < -0.3 is 19.5 Å². The quantitative estimate of drug-likeness (QED) is 0.412. The summed E-state index contributed by atoms with van der Waals surface area (Å²) >= 11 is 1.17. The molecule has 200 valence electrons. The van der Waals surface area contributed by atoms with E-state index in [0.29, 0.717) is 59.8 Å². The average molecular weight is 539 g/mol. The van der Waals surface area contributed by atoms with Crippen molar-refractivity contribution in [3.8, 4) is 5.75 Å². The van der Waals surface area contributed by atoms with Gasteiger partial charge in [-0.2, -0.15) is 9.97 Å². The highest BCUT2D eigenvalue weighted by Gasteiger charge is 2.35. The van der Waals surface area contributed by atoms with Gasteiger partial charge in [-0.05, 0) is 44.4 Å². The van der Waals surface area contributed by atoms with E-state index in [0.717, 1.165) is 16.9 Å². The molecular formula is C26H30N6O5S. The Hall–Kier alpha value is -3.77. The lowest BCUT2D eigenvalue weighted by atomic mass is 10.1. The monoisotopic (exact) mass is 538 g/mol. The van der Waals surface area contributed by atoms with E-state index in [1.807, 2.05) is 24.3 Å². The van der Waals surface area contributed by atoms with E-state index < -0.39 is 5.97 Å². The smallest absolute Gasteiger partial charge is 0.350 e. The second kappa shape index (κ2) is 10.9. The fourth-order valence-corrected chi connectivity index (χ4v) is 5.46. The van der Waals surface area contributed by atoms with Crippen LogP contribution in [0.15, 0.2) is 24.3 Å². The number of nitrogens with zero attached hydrogens (tertiary/aromatic N) is 5. The maximum absolute atomic E-state index is 13.2. The van der Waals surface area contributed by atoms with Gasteiger partial charge in [-0.15, -0.1) is 0 Å². The van der Waals surface area contributed by atoms with Crippen molar-refractivity contribution in [1.82, 2.24) is 15.0 Å². The first-order valence-electron chi connectivity index (χ1n) is 12.5. The molecule has 1 amide bonds. The number of aromatic nitrogens is 3. The Balaban J connectivity index is 1.49. The lowest BCUT2D eigenvalue weighted by molar-refractivity contribution is -0.117. The molecule has 5 rings (SSSR count). The van der Waals surface area contributed by atoms with Gasteiger partial charge in [-0.25, -0.2) is 9.78 Å². The summed E-state index contributed by atoms with van der Waals surface area (Å²) in [5.41, 5.74) is 2.27. The molecule has 2 aliphatic heterocycles. The van der Waals surface area contributed by atoms with Gasteiger partial charge in [0.25, 0.3) is 0 Å². The molecule has 0 bridgehead atoms. The number of ether oxygens (including phenoxy) is 2. The van der Waals surface area contributed by atoms with Crippen LogP contribution in [0.2, 0.25) is 0 Å². The minimum absolute atomic E-state index is 0.0600. The van der Waals surface area contributed by atoms with Crippen LogP contribution in [0.5, 0.6) is 5.75 Å². The fourth-order valence-electron chi connectivity index (χ4n) is 4.61. The Morgan fingerprint density at radius 1 is 1.16 bits per heavy atom. The molecule has 1 aromatic carbocycles. The van der Waals surface area contributed by atoms with E-state index in [9.17, 15) is 14.7 Å². The van der Waals surface area contributed by atoms with Gasteiger partial charge in [0.1, 0.15) is 22.3 Å². The van der Waals surface area contributed by atoms with Gasteiger partial charge in [0, 0.05) is 18.7 Å². The third kappa shape index (κ3) is 5.27. The molecule has 4 heterocycles. The van der Waals surface area contributed by atoms with Crippen LogP contribution in [0.4, 0.5) is 22.7 Å². The average Bonchev–Trinajstić information content (AvgIpc) is 3.43. The number of carbonyl (C=O) groups is 2. The predicted octanol–water partition coefficient (Wildman–Crippen LogP) is 3.22. The van der Waals surface area contributed by atoms with Gasteiger partial charge in [-0.1, -0.05) is 23.5 Å². The first-order chi connectivity index (χ1) is 18.4. The number of nitrogens with one attached hydrogen (secondary N) is 1. The van der Waals surface area contributed by atoms with E-state index in [2.05, 4.69) is 15.2 Å². The molecule has 0 unspecified atom stereocenters. The van der Waals surface area contributed by atoms with Crippen molar-refractivity contribution in [2.45, 2.75) is 45.8 Å². The van der Waals surface area contributed by atoms with Gasteiger partial charge in [-0.3, -0.25) is 15.0 Å². The number of amides is 1. The van der Waals surface area contributed by atoms with Crippen LogP contribution >= 0.6 is 11.3 Å². The fraction of sp³-hybridized carbons (Fsp3) is 0.423. The molecule has 1 saturated heterocycles. The Morgan fingerprint density at radius 2 is 1.87 bits per heavy atom. The van der Waals surface area contributed by atoms with Crippen LogP contribution in [0, 0.1) is 6.92 Å². The number of hydrogen-bond acceptors (Lipinski definition) is 11. The lowest BCUT2D eigenvalue weighted by Gasteiger charge is -2.31. The standard InChI is InChI=1S/C26H30N6O5S/c1-4-37-24(35)21-15(2)27-26(38-21)30-25-28-22(31-11-9-17(33)10-12-31)19-13-20(34)32(23(19)29-25)14-16-5-7-18(36-3)8-6-16/h5-8,17,33H,4,9-14H2,1-3H3,(H,27,28,29,30). The maximum atomic E-state index is 13.2. The number of esters is 1. The zero-order valence-electron chi connectivity index (χ0n) is 21.6. The molecule has 0 saturated carbocycles. The third-order valence-corrected chi connectivity index (χ3v) is 7.64. The molecule has 38 heavy (non-hydrogen) atoms. The van der Waals surface area contributed by atoms with Crippen LogP contribution in [-0.2, 0) is 22.5 Å². The van der Waals surface area contributed by atoms with Gasteiger partial charge >= 0.3 is 5.97 Å². The van der Waals surface area contributed by atoms with Crippen molar-refractivity contribution in [2.24, 2.45) is 0 Å². The van der Waals surface area contributed by atoms with Crippen molar-refractivity contribution < 1.29 is 24.2 Å². The predicted molar refractivity (Wildman–Crippen MR) is 143 cm³/mol. The summed E-state index contributed by atoms with van der Waals surface area (Å²) in [4.78, 5) is 43.6. The molecule has 2 N–H and O–H groups in total. The SMILES string of the molecule is CCOC(=O)c1sc(Nc2nc(N3CCC(O)CC3)c3c(n2)N(Cc2ccc(OC)cc2)C(=O)C3)nc1C. The summed E-state index contributed by atoms with van der Waals surface area (Å²) in [5, 5.41) is 13.6. The van der Waals surface area contributed by atoms with E-state index >= 15 is 0 Å². The van der Waals surface area contributed by atoms with Crippen LogP contribution in [-0.4, -0.2) is 64.8 Å². The number of hydrogen-bond donors (Lipinski definition) is 2. The summed E-state index contributed by atoms with van der Waals surface area (Å²) < 4.78 is 10.4. The van der Waals surface area contributed by atoms with Crippen molar-refractivity contribution in [1.29, 1.82) is 0 Å². The Morgan fingerprint density at radius 3 is 2.55 bits per heavy atom. The van der Waals surface area contributed by atoms with Crippen molar-refractivity contribution in [2.75, 3.05) is 41.9 Å². The summed E-state index contributed by atoms with van der Waals surface area (Å²) in [7, 11) is 1.61. The summed E-state index contributed by atoms with van der Waals surface area (Å²) in [5.74, 6) is 1.76. The number of piperidine rings is 1. The number of thiazole rings is 1. The van der Waals surface area contributed by atoms with Gasteiger partial charge in [0.05, 0.1) is 38.5 Å². The molecule has 0 aliphatic carbocycles. The molecule has 0 spiro atoms. The number of rotatable bonds is 8. The molecule has 2 aliphatic rings. The highest BCUT2D eigenvalue weighted by atomic mass is 32.1. The molecule has 2 aromatic heterocycles. The second-order valence-electron chi connectivity index (χ2n) is 9.17. The zero-order valence-corrected chi connectivity index (χ0v) is 22.4. The van der Waals surface area contributed by atoms with E-state index in [1.54, 1.807) is 25.9 Å². The molecule has 1 fully saturated rings. The molecular weight excluding hydrogens is 508 g/mol. The van der Waals surface area contributed by atoms with Crippen LogP contribution in [0.1, 0.15) is 46.3 Å². The second-order valence-corrected chi connectivity index (χ2v) is 10.2. The minimum atomic E-state index is -0.422. The van der Waals surface area contributed by atoms with Crippen molar-refractivity contribution >= 4 is 45.9 Å². The lowest BCUT2D eigenvalue weighted by Crippen LogP contribution is -2.37. The number of carbonyl (C=O) groups excluding carboxylic acids is 2. The molecule has 12 heteroatoms. The zero-order chi connectivity index (χ0) is 26.8. The molecule has 11 nitrogen and oxygen atoms in total. The number of fused-ring (bicyclic) bond motifs is 1. The van der Waals surface area contributed by atoms with Crippen molar-refractivity contribution in [3.05, 3.63) is 46.0 Å². The third-order valence-electron chi connectivity index (χ3n) is 6.59. The summed E-state index contributed by atoms with van der Waals surface area (Å²) in [6, 6.07) is 7.57. The highest BCUT2D eigenvalue weighted by Crippen LogP contribution is 2.37. The van der Waals surface area contributed by atoms with Gasteiger partial charge in [0.15, 0.2) is 5.13 Å². The minimum Gasteiger partial charge on any atom is -0.497 e. The normalized spacial score (nSPS) is 15.5. The largest absolute Gasteiger partial charge is 0.497 e. The molecule has 3 aromatic rings. The summed E-state index contributed by atoms with van der Waals surface area (Å²) in [6.45, 7) is 5.38. The van der Waals surface area contributed by atoms with E-state index in [-0.39, 0.29) is 31.0 Å². The maximum Gasteiger partial charge on any atom is 0.350 e. The number of benzene rings is 1. The Kier molecular flexibility index (Phi) is 7.43. The van der Waals surface area contributed by atoms with Crippen molar-refractivity contribution in [3.63, 3.8) is 0 Å². The molecule has 0 radical (unpaired) electrons. The topological polar surface area (TPSA) is 130 Å². The Labute approximate surface area is 224 Å². The van der Waals surface area contributed by atoms with E-state index in [4.69, 9.17) is 19.4 Å². The first-order valence-corrected chi connectivity index (χ1v) is 13.4. The van der Waals surface area contributed by atoms with E-state index in [1.165, 1.54) is 11.3 Å².